The average molecular weight is 352 g/mol. The number of amides is 1. The monoisotopic (exact) mass is 352 g/mol. The maximum absolute atomic E-state index is 12.1. The van der Waals surface area contributed by atoms with Gasteiger partial charge in [0.15, 0.2) is 0 Å². The summed E-state index contributed by atoms with van der Waals surface area (Å²) in [5.74, 6) is -0.0807. The Morgan fingerprint density at radius 3 is 2.12 bits per heavy atom. The largest absolute Gasteiger partial charge is 0.399 e. The molecule has 3 rings (SSSR count). The van der Waals surface area contributed by atoms with Gasteiger partial charge in [-0.05, 0) is 41.9 Å². The SMILES string of the molecule is CCN1CCN(Cc2ccc(CNC(=O)c3ccc(N)cc3)cc2)CC1. The number of nitrogens with one attached hydrogen (secondary N) is 1. The molecule has 26 heavy (non-hydrogen) atoms. The predicted octanol–water partition coefficient (Wildman–Crippen LogP) is 2.34. The molecule has 0 saturated carbocycles. The van der Waals surface area contributed by atoms with E-state index in [1.807, 2.05) is 0 Å². The molecule has 1 saturated heterocycles. The van der Waals surface area contributed by atoms with Crippen LogP contribution < -0.4 is 11.1 Å². The highest BCUT2D eigenvalue weighted by atomic mass is 16.1. The Morgan fingerprint density at radius 1 is 0.923 bits per heavy atom. The topological polar surface area (TPSA) is 61.6 Å². The molecule has 0 aromatic heterocycles. The fourth-order valence-corrected chi connectivity index (χ4v) is 3.20. The van der Waals surface area contributed by atoms with Crippen molar-refractivity contribution in [3.05, 3.63) is 65.2 Å². The zero-order chi connectivity index (χ0) is 18.4. The summed E-state index contributed by atoms with van der Waals surface area (Å²) >= 11 is 0. The number of piperazine rings is 1. The molecule has 0 spiro atoms. The molecule has 1 heterocycles. The Bertz CT molecular complexity index is 704. The van der Waals surface area contributed by atoms with Gasteiger partial charge < -0.3 is 16.0 Å². The van der Waals surface area contributed by atoms with Crippen molar-refractivity contribution in [3.63, 3.8) is 0 Å². The lowest BCUT2D eigenvalue weighted by Gasteiger charge is -2.34. The van der Waals surface area contributed by atoms with Crippen LogP contribution in [0.1, 0.15) is 28.4 Å². The standard InChI is InChI=1S/C21H28N4O/c1-2-24-11-13-25(14-12-24)16-18-5-3-17(4-6-18)15-23-21(26)19-7-9-20(22)10-8-19/h3-10H,2,11-16,22H2,1H3,(H,23,26). The molecule has 0 bridgehead atoms. The van der Waals surface area contributed by atoms with Crippen LogP contribution >= 0.6 is 0 Å². The van der Waals surface area contributed by atoms with Gasteiger partial charge >= 0.3 is 0 Å². The van der Waals surface area contributed by atoms with Gasteiger partial charge in [0.05, 0.1) is 0 Å². The number of anilines is 1. The lowest BCUT2D eigenvalue weighted by Crippen LogP contribution is -2.45. The first-order chi connectivity index (χ1) is 12.6. The van der Waals surface area contributed by atoms with Crippen LogP contribution in [-0.4, -0.2) is 48.4 Å². The van der Waals surface area contributed by atoms with E-state index >= 15 is 0 Å². The quantitative estimate of drug-likeness (QED) is 0.784. The summed E-state index contributed by atoms with van der Waals surface area (Å²) in [7, 11) is 0. The van der Waals surface area contributed by atoms with Gasteiger partial charge in [-0.15, -0.1) is 0 Å². The van der Waals surface area contributed by atoms with Crippen molar-refractivity contribution in [2.45, 2.75) is 20.0 Å². The highest BCUT2D eigenvalue weighted by Gasteiger charge is 2.15. The summed E-state index contributed by atoms with van der Waals surface area (Å²) < 4.78 is 0. The van der Waals surface area contributed by atoms with Crippen molar-refractivity contribution in [1.29, 1.82) is 0 Å². The number of nitrogen functional groups attached to an aromatic ring is 1. The highest BCUT2D eigenvalue weighted by Crippen LogP contribution is 2.11. The van der Waals surface area contributed by atoms with Gasteiger partial charge in [0, 0.05) is 50.5 Å². The van der Waals surface area contributed by atoms with Crippen LogP contribution in [0, 0.1) is 0 Å². The molecule has 1 aliphatic heterocycles. The molecular formula is C21H28N4O. The van der Waals surface area contributed by atoms with Crippen LogP contribution in [0.15, 0.2) is 48.5 Å². The zero-order valence-electron chi connectivity index (χ0n) is 15.4. The van der Waals surface area contributed by atoms with Crippen LogP contribution in [0.2, 0.25) is 0 Å². The summed E-state index contributed by atoms with van der Waals surface area (Å²) in [6.45, 7) is 9.47. The number of nitrogens with two attached hydrogens (primary N) is 1. The van der Waals surface area contributed by atoms with E-state index in [0.717, 1.165) is 44.8 Å². The minimum atomic E-state index is -0.0807. The van der Waals surface area contributed by atoms with Crippen molar-refractivity contribution >= 4 is 11.6 Å². The van der Waals surface area contributed by atoms with Gasteiger partial charge in [0.25, 0.3) is 5.91 Å². The van der Waals surface area contributed by atoms with Gasteiger partial charge in [0.1, 0.15) is 0 Å². The molecule has 0 radical (unpaired) electrons. The van der Waals surface area contributed by atoms with Gasteiger partial charge in [0.2, 0.25) is 0 Å². The third-order valence-electron chi connectivity index (χ3n) is 4.97. The first-order valence-electron chi connectivity index (χ1n) is 9.30. The number of carbonyl (C=O) groups excluding carboxylic acids is 1. The molecule has 1 amide bonds. The van der Waals surface area contributed by atoms with E-state index in [0.29, 0.717) is 17.8 Å². The molecule has 1 fully saturated rings. The molecule has 0 aliphatic carbocycles. The molecule has 5 heteroatoms. The summed E-state index contributed by atoms with van der Waals surface area (Å²) in [4.78, 5) is 17.1. The number of benzene rings is 2. The van der Waals surface area contributed by atoms with Crippen LogP contribution in [0.25, 0.3) is 0 Å². The van der Waals surface area contributed by atoms with Crippen molar-refractivity contribution < 1.29 is 4.79 Å². The zero-order valence-corrected chi connectivity index (χ0v) is 15.4. The molecule has 0 atom stereocenters. The van der Waals surface area contributed by atoms with E-state index in [9.17, 15) is 4.79 Å². The first-order valence-corrected chi connectivity index (χ1v) is 9.30. The number of hydrogen-bond donors (Lipinski definition) is 2. The molecule has 5 nitrogen and oxygen atoms in total. The second-order valence-electron chi connectivity index (χ2n) is 6.83. The molecular weight excluding hydrogens is 324 g/mol. The Labute approximate surface area is 155 Å². The Hall–Kier alpha value is -2.37. The smallest absolute Gasteiger partial charge is 0.251 e. The highest BCUT2D eigenvalue weighted by molar-refractivity contribution is 5.94. The van der Waals surface area contributed by atoms with Crippen molar-refractivity contribution in [2.75, 3.05) is 38.5 Å². The maximum Gasteiger partial charge on any atom is 0.251 e. The van der Waals surface area contributed by atoms with Crippen molar-refractivity contribution in [1.82, 2.24) is 15.1 Å². The Morgan fingerprint density at radius 2 is 1.50 bits per heavy atom. The number of rotatable bonds is 6. The van der Waals surface area contributed by atoms with Crippen LogP contribution in [-0.2, 0) is 13.1 Å². The average Bonchev–Trinajstić information content (AvgIpc) is 2.68. The number of carbonyl (C=O) groups is 1. The second-order valence-corrected chi connectivity index (χ2v) is 6.83. The summed E-state index contributed by atoms with van der Waals surface area (Å²) in [6.07, 6.45) is 0. The number of likely N-dealkylation sites (N-methyl/N-ethyl adjacent to an activating group) is 1. The van der Waals surface area contributed by atoms with Gasteiger partial charge in [-0.2, -0.15) is 0 Å². The molecule has 0 unspecified atom stereocenters. The maximum atomic E-state index is 12.1. The fourth-order valence-electron chi connectivity index (χ4n) is 3.20. The van der Waals surface area contributed by atoms with Gasteiger partial charge in [-0.3, -0.25) is 9.69 Å². The van der Waals surface area contributed by atoms with Gasteiger partial charge in [-0.1, -0.05) is 31.2 Å². The van der Waals surface area contributed by atoms with Crippen molar-refractivity contribution in [2.24, 2.45) is 0 Å². The number of nitrogens with zero attached hydrogens (tertiary/aromatic N) is 2. The Balaban J connectivity index is 1.47. The molecule has 3 N–H and O–H groups in total. The second kappa shape index (κ2) is 8.83. The predicted molar refractivity (Wildman–Crippen MR) is 106 cm³/mol. The summed E-state index contributed by atoms with van der Waals surface area (Å²) in [6, 6.07) is 15.5. The van der Waals surface area contributed by atoms with E-state index < -0.39 is 0 Å². The van der Waals surface area contributed by atoms with E-state index in [1.165, 1.54) is 5.56 Å². The minimum Gasteiger partial charge on any atom is -0.399 e. The third kappa shape index (κ3) is 5.07. The summed E-state index contributed by atoms with van der Waals surface area (Å²) in [5.41, 5.74) is 9.36. The first kappa shape index (κ1) is 18.4. The summed E-state index contributed by atoms with van der Waals surface area (Å²) in [5, 5.41) is 2.95. The minimum absolute atomic E-state index is 0.0807. The number of hydrogen-bond acceptors (Lipinski definition) is 4. The Kier molecular flexibility index (Phi) is 6.26. The van der Waals surface area contributed by atoms with E-state index in [2.05, 4.69) is 46.3 Å². The fraction of sp³-hybridized carbons (Fsp3) is 0.381. The van der Waals surface area contributed by atoms with E-state index in [1.54, 1.807) is 24.3 Å². The van der Waals surface area contributed by atoms with Gasteiger partial charge in [-0.25, -0.2) is 0 Å². The van der Waals surface area contributed by atoms with E-state index in [-0.39, 0.29) is 5.91 Å². The van der Waals surface area contributed by atoms with Crippen LogP contribution in [0.5, 0.6) is 0 Å². The lowest BCUT2D eigenvalue weighted by atomic mass is 10.1. The lowest BCUT2D eigenvalue weighted by molar-refractivity contribution is 0.0951. The van der Waals surface area contributed by atoms with Crippen LogP contribution in [0.3, 0.4) is 0 Å². The normalized spacial score (nSPS) is 15.7. The van der Waals surface area contributed by atoms with E-state index in [4.69, 9.17) is 5.73 Å². The molecule has 1 aliphatic rings. The molecule has 2 aromatic rings. The third-order valence-corrected chi connectivity index (χ3v) is 4.97. The molecule has 138 valence electrons. The molecule has 2 aromatic carbocycles. The van der Waals surface area contributed by atoms with Crippen LogP contribution in [0.4, 0.5) is 5.69 Å². The van der Waals surface area contributed by atoms with Crippen molar-refractivity contribution in [3.8, 4) is 0 Å².